The summed E-state index contributed by atoms with van der Waals surface area (Å²) in [5.74, 6) is 1.15. The first-order chi connectivity index (χ1) is 11.2. The van der Waals surface area contributed by atoms with Crippen molar-refractivity contribution in [3.63, 3.8) is 0 Å². The van der Waals surface area contributed by atoms with E-state index in [4.69, 9.17) is 0 Å². The molecular weight excluding hydrogens is 304 g/mol. The van der Waals surface area contributed by atoms with Gasteiger partial charge in [0.05, 0.1) is 12.2 Å². The molecule has 0 aromatic heterocycles. The van der Waals surface area contributed by atoms with E-state index in [0.717, 1.165) is 31.1 Å². The molecule has 1 aromatic rings. The first-order valence-corrected chi connectivity index (χ1v) is 9.89. The number of fused-ring (bicyclic) bond motifs is 1. The number of hydrogen-bond donors (Lipinski definition) is 0. The van der Waals surface area contributed by atoms with Crippen LogP contribution in [0.2, 0.25) is 0 Å². The van der Waals surface area contributed by atoms with Gasteiger partial charge in [0.15, 0.2) is 0 Å². The van der Waals surface area contributed by atoms with Crippen LogP contribution in [0.5, 0.6) is 0 Å². The molecule has 0 spiro atoms. The van der Waals surface area contributed by atoms with E-state index in [1.54, 1.807) is 0 Å². The zero-order valence-electron chi connectivity index (χ0n) is 13.9. The zero-order chi connectivity index (χ0) is 15.8. The first-order valence-electron chi connectivity index (χ1n) is 9.01. The minimum absolute atomic E-state index is 0.291. The molecule has 1 unspecified atom stereocenters. The molecule has 3 aliphatic rings. The number of para-hydroxylation sites is 1. The van der Waals surface area contributed by atoms with Gasteiger partial charge in [-0.25, -0.2) is 0 Å². The van der Waals surface area contributed by atoms with Crippen molar-refractivity contribution in [2.75, 3.05) is 24.5 Å². The molecule has 1 aromatic carbocycles. The number of benzene rings is 1. The molecular formula is C19H26N2OS. The summed E-state index contributed by atoms with van der Waals surface area (Å²) in [7, 11) is 0. The fourth-order valence-corrected chi connectivity index (χ4v) is 4.53. The van der Waals surface area contributed by atoms with Gasteiger partial charge in [0.25, 0.3) is 0 Å². The van der Waals surface area contributed by atoms with Crippen LogP contribution in [-0.2, 0) is 4.79 Å². The van der Waals surface area contributed by atoms with Crippen molar-refractivity contribution in [2.45, 2.75) is 55.2 Å². The predicted octanol–water partition coefficient (Wildman–Crippen LogP) is 3.78. The highest BCUT2D eigenvalue weighted by molar-refractivity contribution is 8.00. The highest BCUT2D eigenvalue weighted by Crippen LogP contribution is 2.38. The fourth-order valence-electron chi connectivity index (χ4n) is 3.42. The van der Waals surface area contributed by atoms with Crippen LogP contribution in [0.4, 0.5) is 5.69 Å². The molecule has 1 aliphatic heterocycles. The van der Waals surface area contributed by atoms with Crippen molar-refractivity contribution in [3.8, 4) is 0 Å². The van der Waals surface area contributed by atoms with Gasteiger partial charge in [-0.3, -0.25) is 9.69 Å². The Morgan fingerprint density at radius 2 is 2.00 bits per heavy atom. The van der Waals surface area contributed by atoms with E-state index in [1.165, 1.54) is 30.6 Å². The van der Waals surface area contributed by atoms with Crippen LogP contribution in [0.1, 0.15) is 39.0 Å². The lowest BCUT2D eigenvalue weighted by Gasteiger charge is -2.27. The normalized spacial score (nSPS) is 24.4. The second-order valence-electron chi connectivity index (χ2n) is 7.33. The molecule has 0 bridgehead atoms. The lowest BCUT2D eigenvalue weighted by atomic mass is 10.2. The van der Waals surface area contributed by atoms with Gasteiger partial charge in [-0.1, -0.05) is 19.1 Å². The molecule has 124 valence electrons. The molecule has 1 amide bonds. The Labute approximate surface area is 143 Å². The average Bonchev–Trinajstić information content (AvgIpc) is 3.39. The van der Waals surface area contributed by atoms with Crippen LogP contribution in [0.25, 0.3) is 0 Å². The fraction of sp³-hybridized carbons (Fsp3) is 0.632. The molecule has 0 radical (unpaired) electrons. The molecule has 0 N–H and O–H groups in total. The van der Waals surface area contributed by atoms with Crippen LogP contribution in [-0.4, -0.2) is 41.7 Å². The Hall–Kier alpha value is -1.00. The zero-order valence-corrected chi connectivity index (χ0v) is 14.7. The summed E-state index contributed by atoms with van der Waals surface area (Å²) in [5.41, 5.74) is 1.12. The Kier molecular flexibility index (Phi) is 4.37. The van der Waals surface area contributed by atoms with Crippen LogP contribution in [0.15, 0.2) is 29.2 Å². The lowest BCUT2D eigenvalue weighted by molar-refractivity contribution is -0.120. The number of hydrogen-bond acceptors (Lipinski definition) is 3. The number of nitrogens with zero attached hydrogens (tertiary/aromatic N) is 2. The molecule has 1 heterocycles. The average molecular weight is 330 g/mol. The molecule has 4 rings (SSSR count). The topological polar surface area (TPSA) is 23.6 Å². The van der Waals surface area contributed by atoms with Gasteiger partial charge < -0.3 is 4.90 Å². The highest BCUT2D eigenvalue weighted by atomic mass is 32.2. The van der Waals surface area contributed by atoms with E-state index in [0.29, 0.717) is 23.7 Å². The van der Waals surface area contributed by atoms with Crippen molar-refractivity contribution in [1.29, 1.82) is 0 Å². The number of thioether (sulfide) groups is 1. The van der Waals surface area contributed by atoms with Gasteiger partial charge in [-0.15, -0.1) is 11.8 Å². The Balaban J connectivity index is 1.50. The standard InChI is InChI=1S/C19H26N2OS/c1-14-10-11-21(17-4-2-3-5-18(17)23-14)19(22)13-20(16-8-9-16)12-15-6-7-15/h2-5,14-16H,6-13H2,1H3. The minimum atomic E-state index is 0.291. The molecule has 2 saturated carbocycles. The second kappa shape index (κ2) is 6.48. The van der Waals surface area contributed by atoms with Gasteiger partial charge >= 0.3 is 0 Å². The number of carbonyl (C=O) groups is 1. The van der Waals surface area contributed by atoms with Gasteiger partial charge in [0, 0.05) is 29.3 Å². The third-order valence-electron chi connectivity index (χ3n) is 5.14. The Morgan fingerprint density at radius 1 is 1.22 bits per heavy atom. The van der Waals surface area contributed by atoms with Crippen molar-refractivity contribution in [1.82, 2.24) is 4.90 Å². The number of rotatable bonds is 5. The maximum atomic E-state index is 13.0. The van der Waals surface area contributed by atoms with Crippen LogP contribution >= 0.6 is 11.8 Å². The predicted molar refractivity (Wildman–Crippen MR) is 96.1 cm³/mol. The van der Waals surface area contributed by atoms with Crippen molar-refractivity contribution in [2.24, 2.45) is 5.92 Å². The van der Waals surface area contributed by atoms with E-state index in [-0.39, 0.29) is 0 Å². The maximum absolute atomic E-state index is 13.0. The van der Waals surface area contributed by atoms with Crippen LogP contribution < -0.4 is 4.90 Å². The van der Waals surface area contributed by atoms with Gasteiger partial charge in [0.1, 0.15) is 0 Å². The van der Waals surface area contributed by atoms with Crippen LogP contribution in [0, 0.1) is 5.92 Å². The molecule has 2 aliphatic carbocycles. The van der Waals surface area contributed by atoms with Gasteiger partial charge in [0.2, 0.25) is 5.91 Å². The van der Waals surface area contributed by atoms with E-state index >= 15 is 0 Å². The molecule has 3 nitrogen and oxygen atoms in total. The van der Waals surface area contributed by atoms with Crippen molar-refractivity contribution in [3.05, 3.63) is 24.3 Å². The van der Waals surface area contributed by atoms with E-state index in [9.17, 15) is 4.79 Å². The SMILES string of the molecule is CC1CCN(C(=O)CN(CC2CC2)C2CC2)c2ccccc2S1. The third kappa shape index (κ3) is 3.74. The number of amides is 1. The summed E-state index contributed by atoms with van der Waals surface area (Å²) in [6.45, 7) is 4.86. The first kappa shape index (κ1) is 15.5. The molecule has 1 atom stereocenters. The summed E-state index contributed by atoms with van der Waals surface area (Å²) >= 11 is 1.90. The Morgan fingerprint density at radius 3 is 2.74 bits per heavy atom. The third-order valence-corrected chi connectivity index (χ3v) is 6.37. The van der Waals surface area contributed by atoms with Crippen molar-refractivity contribution >= 4 is 23.4 Å². The quantitative estimate of drug-likeness (QED) is 0.821. The van der Waals surface area contributed by atoms with E-state index < -0.39 is 0 Å². The molecule has 2 fully saturated rings. The lowest BCUT2D eigenvalue weighted by Crippen LogP contribution is -2.42. The summed E-state index contributed by atoms with van der Waals surface area (Å²) in [6.07, 6.45) is 6.35. The number of carbonyl (C=O) groups excluding carboxylic acids is 1. The monoisotopic (exact) mass is 330 g/mol. The summed E-state index contributed by atoms with van der Waals surface area (Å²) in [6, 6.07) is 9.08. The Bertz CT molecular complexity index is 582. The van der Waals surface area contributed by atoms with Gasteiger partial charge in [-0.05, 0) is 50.2 Å². The second-order valence-corrected chi connectivity index (χ2v) is 8.81. The summed E-state index contributed by atoms with van der Waals surface area (Å²) in [4.78, 5) is 18.8. The number of anilines is 1. The minimum Gasteiger partial charge on any atom is -0.310 e. The molecule has 4 heteroatoms. The largest absolute Gasteiger partial charge is 0.310 e. The molecule has 23 heavy (non-hydrogen) atoms. The molecule has 0 saturated heterocycles. The maximum Gasteiger partial charge on any atom is 0.241 e. The van der Waals surface area contributed by atoms with E-state index in [2.05, 4.69) is 36.1 Å². The summed E-state index contributed by atoms with van der Waals surface area (Å²) < 4.78 is 0. The highest BCUT2D eigenvalue weighted by Gasteiger charge is 2.36. The van der Waals surface area contributed by atoms with E-state index in [1.807, 2.05) is 16.7 Å². The van der Waals surface area contributed by atoms with Crippen molar-refractivity contribution < 1.29 is 4.79 Å². The van der Waals surface area contributed by atoms with Gasteiger partial charge in [-0.2, -0.15) is 0 Å². The summed E-state index contributed by atoms with van der Waals surface area (Å²) in [5, 5.41) is 0.569. The van der Waals surface area contributed by atoms with Crippen LogP contribution in [0.3, 0.4) is 0 Å². The smallest absolute Gasteiger partial charge is 0.241 e.